The molecular weight excluding hydrogens is 473 g/mol. The van der Waals surface area contributed by atoms with Crippen LogP contribution in [-0.2, 0) is 6.54 Å². The van der Waals surface area contributed by atoms with Crippen LogP contribution < -0.4 is 19.7 Å². The third-order valence-corrected chi connectivity index (χ3v) is 6.59. The van der Waals surface area contributed by atoms with E-state index < -0.39 is 0 Å². The molecule has 0 unspecified atom stereocenters. The van der Waals surface area contributed by atoms with Gasteiger partial charge < -0.3 is 19.7 Å². The Bertz CT molecular complexity index is 1160. The molecule has 0 spiro atoms. The number of nitrogens with one attached hydrogen (secondary N) is 1. The predicted octanol–water partition coefficient (Wildman–Crippen LogP) is 5.59. The van der Waals surface area contributed by atoms with Crippen molar-refractivity contribution in [2.24, 2.45) is 0 Å². The van der Waals surface area contributed by atoms with Gasteiger partial charge in [-0.3, -0.25) is 9.69 Å². The molecule has 1 amide bonds. The molecule has 1 aliphatic rings. The number of nitrogens with zero attached hydrogens (tertiary/aromatic N) is 2. The van der Waals surface area contributed by atoms with E-state index in [2.05, 4.69) is 21.2 Å². The number of anilines is 2. The smallest absolute Gasteiger partial charge is 0.255 e. The molecule has 0 radical (unpaired) electrons. The fraction of sp³-hybridized carbons (Fsp3) is 0.269. The molecule has 4 rings (SSSR count). The highest BCUT2D eigenvalue weighted by Gasteiger charge is 2.20. The third kappa shape index (κ3) is 5.58. The van der Waals surface area contributed by atoms with Gasteiger partial charge in [0.2, 0.25) is 0 Å². The van der Waals surface area contributed by atoms with Crippen LogP contribution in [0.3, 0.4) is 0 Å². The highest BCUT2D eigenvalue weighted by Crippen LogP contribution is 2.31. The van der Waals surface area contributed by atoms with Crippen molar-refractivity contribution >= 4 is 40.5 Å². The number of halogens is 2. The van der Waals surface area contributed by atoms with E-state index in [4.69, 9.17) is 32.7 Å². The van der Waals surface area contributed by atoms with Crippen molar-refractivity contribution < 1.29 is 14.3 Å². The molecule has 1 fully saturated rings. The van der Waals surface area contributed by atoms with Crippen LogP contribution in [0.15, 0.2) is 60.7 Å². The summed E-state index contributed by atoms with van der Waals surface area (Å²) in [5.74, 6) is 0.813. The van der Waals surface area contributed by atoms with Crippen molar-refractivity contribution in [3.05, 3.63) is 81.8 Å². The lowest BCUT2D eigenvalue weighted by atomic mass is 10.1. The van der Waals surface area contributed by atoms with E-state index in [1.165, 1.54) is 7.11 Å². The lowest BCUT2D eigenvalue weighted by Crippen LogP contribution is -2.46. The van der Waals surface area contributed by atoms with E-state index >= 15 is 0 Å². The fourth-order valence-corrected chi connectivity index (χ4v) is 4.53. The first kappa shape index (κ1) is 24.2. The number of hydrogen-bond donors (Lipinski definition) is 1. The van der Waals surface area contributed by atoms with Crippen molar-refractivity contribution in [2.75, 3.05) is 50.6 Å². The Morgan fingerprint density at radius 2 is 1.62 bits per heavy atom. The Hall–Kier alpha value is -2.93. The molecule has 3 aromatic carbocycles. The molecule has 1 saturated heterocycles. The van der Waals surface area contributed by atoms with Gasteiger partial charge in [-0.05, 0) is 48.0 Å². The second kappa shape index (κ2) is 11.0. The number of hydrogen-bond acceptors (Lipinski definition) is 5. The zero-order valence-electron chi connectivity index (χ0n) is 19.2. The van der Waals surface area contributed by atoms with Gasteiger partial charge in [-0.25, -0.2) is 0 Å². The number of benzene rings is 3. The summed E-state index contributed by atoms with van der Waals surface area (Å²) in [6.07, 6.45) is 0. The summed E-state index contributed by atoms with van der Waals surface area (Å²) in [6.45, 7) is 4.39. The number of piperazine rings is 1. The molecule has 0 atom stereocenters. The quantitative estimate of drug-likeness (QED) is 0.459. The molecule has 178 valence electrons. The minimum atomic E-state index is -0.252. The van der Waals surface area contributed by atoms with Crippen LogP contribution in [0, 0.1) is 0 Å². The topological polar surface area (TPSA) is 54.0 Å². The zero-order valence-corrected chi connectivity index (χ0v) is 20.7. The van der Waals surface area contributed by atoms with Crippen molar-refractivity contribution in [3.8, 4) is 11.5 Å². The summed E-state index contributed by atoms with van der Waals surface area (Å²) in [4.78, 5) is 17.4. The Morgan fingerprint density at radius 1 is 0.882 bits per heavy atom. The highest BCUT2D eigenvalue weighted by atomic mass is 35.5. The fourth-order valence-electron chi connectivity index (χ4n) is 4.04. The lowest BCUT2D eigenvalue weighted by Gasteiger charge is -2.36. The van der Waals surface area contributed by atoms with E-state index in [-0.39, 0.29) is 5.91 Å². The van der Waals surface area contributed by atoms with Crippen LogP contribution in [0.5, 0.6) is 11.5 Å². The summed E-state index contributed by atoms with van der Waals surface area (Å²) in [5, 5.41) is 4.30. The standard InChI is InChI=1S/C26H27Cl2N3O3/c1-33-24-10-7-18(15-25(24)34-2)26(32)29-20-8-9-23(22(28)16-20)31-13-11-30(12-14-31)17-19-5-3-4-6-21(19)27/h3-10,15-16H,11-14,17H2,1-2H3,(H,29,32). The van der Waals surface area contributed by atoms with Gasteiger partial charge in [0.25, 0.3) is 5.91 Å². The Labute approximate surface area is 210 Å². The van der Waals surface area contributed by atoms with Crippen LogP contribution in [0.1, 0.15) is 15.9 Å². The van der Waals surface area contributed by atoms with Crippen molar-refractivity contribution in [2.45, 2.75) is 6.54 Å². The maximum atomic E-state index is 12.7. The summed E-state index contributed by atoms with van der Waals surface area (Å²) in [7, 11) is 3.09. The van der Waals surface area contributed by atoms with Gasteiger partial charge in [-0.15, -0.1) is 0 Å². The molecule has 0 aromatic heterocycles. The number of rotatable bonds is 7. The molecule has 34 heavy (non-hydrogen) atoms. The number of methoxy groups -OCH3 is 2. The minimum Gasteiger partial charge on any atom is -0.493 e. The average Bonchev–Trinajstić information content (AvgIpc) is 2.85. The van der Waals surface area contributed by atoms with E-state index in [1.54, 1.807) is 31.4 Å². The molecule has 0 bridgehead atoms. The molecule has 6 nitrogen and oxygen atoms in total. The van der Waals surface area contributed by atoms with E-state index in [0.29, 0.717) is 27.8 Å². The van der Waals surface area contributed by atoms with Crippen molar-refractivity contribution in [1.82, 2.24) is 4.90 Å². The lowest BCUT2D eigenvalue weighted by molar-refractivity contribution is 0.102. The number of carbonyl (C=O) groups is 1. The first-order valence-electron chi connectivity index (χ1n) is 11.0. The first-order chi connectivity index (χ1) is 16.5. The van der Waals surface area contributed by atoms with Gasteiger partial charge in [0.15, 0.2) is 11.5 Å². The Morgan fingerprint density at radius 3 is 2.29 bits per heavy atom. The van der Waals surface area contributed by atoms with Gasteiger partial charge >= 0.3 is 0 Å². The van der Waals surface area contributed by atoms with Crippen molar-refractivity contribution in [1.29, 1.82) is 0 Å². The molecule has 1 aliphatic heterocycles. The van der Waals surface area contributed by atoms with Crippen LogP contribution in [-0.4, -0.2) is 51.2 Å². The van der Waals surface area contributed by atoms with Gasteiger partial charge in [0, 0.05) is 49.0 Å². The normalized spacial score (nSPS) is 14.1. The van der Waals surface area contributed by atoms with Gasteiger partial charge in [0.1, 0.15) is 0 Å². The van der Waals surface area contributed by atoms with Gasteiger partial charge in [0.05, 0.1) is 24.9 Å². The number of ether oxygens (including phenoxy) is 2. The third-order valence-electron chi connectivity index (χ3n) is 5.92. The second-order valence-electron chi connectivity index (χ2n) is 8.04. The Kier molecular flexibility index (Phi) is 7.83. The summed E-state index contributed by atoms with van der Waals surface area (Å²) in [6, 6.07) is 18.6. The molecule has 3 aromatic rings. The van der Waals surface area contributed by atoms with Crippen LogP contribution in [0.4, 0.5) is 11.4 Å². The second-order valence-corrected chi connectivity index (χ2v) is 8.86. The largest absolute Gasteiger partial charge is 0.493 e. The van der Waals surface area contributed by atoms with Gasteiger partial charge in [-0.2, -0.15) is 0 Å². The highest BCUT2D eigenvalue weighted by molar-refractivity contribution is 6.33. The number of carbonyl (C=O) groups excluding carboxylic acids is 1. The van der Waals surface area contributed by atoms with Crippen LogP contribution >= 0.6 is 23.2 Å². The molecule has 1 N–H and O–H groups in total. The zero-order chi connectivity index (χ0) is 24.1. The SMILES string of the molecule is COc1ccc(C(=O)Nc2ccc(N3CCN(Cc4ccccc4Cl)CC3)c(Cl)c2)cc1OC. The van der Waals surface area contributed by atoms with Gasteiger partial charge in [-0.1, -0.05) is 41.4 Å². The molecule has 1 heterocycles. The van der Waals surface area contributed by atoms with Crippen LogP contribution in [0.2, 0.25) is 10.0 Å². The van der Waals surface area contributed by atoms with Crippen LogP contribution in [0.25, 0.3) is 0 Å². The molecule has 8 heteroatoms. The number of amides is 1. The predicted molar refractivity (Wildman–Crippen MR) is 138 cm³/mol. The van der Waals surface area contributed by atoms with E-state index in [1.807, 2.05) is 30.3 Å². The van der Waals surface area contributed by atoms with Crippen molar-refractivity contribution in [3.63, 3.8) is 0 Å². The summed E-state index contributed by atoms with van der Waals surface area (Å²) in [5.41, 5.74) is 3.20. The molecule has 0 aliphatic carbocycles. The monoisotopic (exact) mass is 499 g/mol. The first-order valence-corrected chi connectivity index (χ1v) is 11.8. The molecule has 0 saturated carbocycles. The average molecular weight is 500 g/mol. The van der Waals surface area contributed by atoms with E-state index in [9.17, 15) is 4.79 Å². The maximum absolute atomic E-state index is 12.7. The maximum Gasteiger partial charge on any atom is 0.255 e. The van der Waals surface area contributed by atoms with E-state index in [0.717, 1.165) is 49.0 Å². The summed E-state index contributed by atoms with van der Waals surface area (Å²) < 4.78 is 10.5. The Balaban J connectivity index is 1.37. The minimum absolute atomic E-state index is 0.252. The summed E-state index contributed by atoms with van der Waals surface area (Å²) >= 11 is 12.9. The molecular formula is C26H27Cl2N3O3.